The van der Waals surface area contributed by atoms with Crippen molar-refractivity contribution in [2.24, 2.45) is 5.14 Å². The Balaban J connectivity index is 1.51. The van der Waals surface area contributed by atoms with Gasteiger partial charge in [0.2, 0.25) is 10.0 Å². The number of primary sulfonamides is 1. The van der Waals surface area contributed by atoms with Gasteiger partial charge in [0.15, 0.2) is 5.65 Å². The molecule has 182 valence electrons. The molecule has 0 spiro atoms. The number of anilines is 1. The Hall–Kier alpha value is -3.54. The fourth-order valence-electron chi connectivity index (χ4n) is 3.51. The van der Waals surface area contributed by atoms with Crippen molar-refractivity contribution in [2.75, 3.05) is 11.9 Å². The van der Waals surface area contributed by atoms with E-state index in [1.54, 1.807) is 41.3 Å². The molecule has 35 heavy (non-hydrogen) atoms. The van der Waals surface area contributed by atoms with Gasteiger partial charge in [0.25, 0.3) is 5.91 Å². The van der Waals surface area contributed by atoms with E-state index >= 15 is 0 Å². The molecule has 0 aliphatic rings. The van der Waals surface area contributed by atoms with Crippen LogP contribution < -0.4 is 15.8 Å². The summed E-state index contributed by atoms with van der Waals surface area (Å²) >= 11 is 6.00. The highest BCUT2D eigenvalue weighted by Gasteiger charge is 2.17. The van der Waals surface area contributed by atoms with E-state index < -0.39 is 10.0 Å². The molecule has 10 nitrogen and oxygen atoms in total. The second-order valence-corrected chi connectivity index (χ2v) is 10.2. The van der Waals surface area contributed by atoms with Crippen molar-refractivity contribution in [3.63, 3.8) is 0 Å². The molecule has 0 radical (unpaired) electrons. The molecule has 1 amide bonds. The summed E-state index contributed by atoms with van der Waals surface area (Å²) in [5.74, 6) is -0.280. The summed E-state index contributed by atoms with van der Waals surface area (Å²) in [5.41, 5.74) is 3.83. The van der Waals surface area contributed by atoms with E-state index in [1.807, 2.05) is 13.8 Å². The zero-order valence-electron chi connectivity index (χ0n) is 19.1. The molecule has 3 aromatic heterocycles. The first-order valence-corrected chi connectivity index (χ1v) is 12.7. The van der Waals surface area contributed by atoms with Crippen molar-refractivity contribution < 1.29 is 13.2 Å². The van der Waals surface area contributed by atoms with E-state index in [1.165, 1.54) is 18.3 Å². The maximum absolute atomic E-state index is 12.9. The molecule has 0 aliphatic heterocycles. The van der Waals surface area contributed by atoms with Crippen molar-refractivity contribution in [3.05, 3.63) is 71.3 Å². The van der Waals surface area contributed by atoms with Crippen LogP contribution in [0.3, 0.4) is 0 Å². The zero-order chi connectivity index (χ0) is 25.2. The van der Waals surface area contributed by atoms with Gasteiger partial charge in [-0.1, -0.05) is 23.7 Å². The Morgan fingerprint density at radius 2 is 1.89 bits per heavy atom. The average molecular weight is 514 g/mol. The third-order valence-corrected chi connectivity index (χ3v) is 6.27. The number of rotatable bonds is 8. The van der Waals surface area contributed by atoms with Crippen molar-refractivity contribution >= 4 is 38.9 Å². The summed E-state index contributed by atoms with van der Waals surface area (Å²) in [6.45, 7) is 4.31. The first-order valence-electron chi connectivity index (χ1n) is 10.8. The lowest BCUT2D eigenvalue weighted by Gasteiger charge is -2.15. The highest BCUT2D eigenvalue weighted by atomic mass is 35.5. The number of carbonyl (C=O) groups is 1. The molecule has 0 bridgehead atoms. The zero-order valence-corrected chi connectivity index (χ0v) is 20.6. The molecule has 12 heteroatoms. The summed E-state index contributed by atoms with van der Waals surface area (Å²) < 4.78 is 24.3. The van der Waals surface area contributed by atoms with Gasteiger partial charge in [0.1, 0.15) is 0 Å². The summed E-state index contributed by atoms with van der Waals surface area (Å²) in [6, 6.07) is 8.12. The van der Waals surface area contributed by atoms with Gasteiger partial charge in [-0.3, -0.25) is 9.78 Å². The van der Waals surface area contributed by atoms with E-state index in [9.17, 15) is 13.2 Å². The normalized spacial score (nSPS) is 11.7. The Kier molecular flexibility index (Phi) is 7.01. The van der Waals surface area contributed by atoms with Crippen molar-refractivity contribution in [3.8, 4) is 11.3 Å². The van der Waals surface area contributed by atoms with Crippen LogP contribution in [-0.2, 0) is 16.4 Å². The molecule has 4 aromatic rings. The molecule has 0 fully saturated rings. The van der Waals surface area contributed by atoms with E-state index in [4.69, 9.17) is 16.7 Å². The van der Waals surface area contributed by atoms with Gasteiger partial charge in [0, 0.05) is 25.0 Å². The molecular formula is C23H24ClN7O3S. The number of nitrogens with one attached hydrogen (secondary N) is 2. The minimum absolute atomic E-state index is 0.0466. The van der Waals surface area contributed by atoms with Crippen LogP contribution in [0.15, 0.2) is 60.0 Å². The molecular weight excluding hydrogens is 490 g/mol. The Morgan fingerprint density at radius 3 is 2.57 bits per heavy atom. The highest BCUT2D eigenvalue weighted by Crippen LogP contribution is 2.27. The maximum atomic E-state index is 12.9. The molecule has 4 N–H and O–H groups in total. The van der Waals surface area contributed by atoms with Crippen LogP contribution in [0.25, 0.3) is 16.9 Å². The van der Waals surface area contributed by atoms with Crippen molar-refractivity contribution in [1.29, 1.82) is 0 Å². The molecule has 3 heterocycles. The van der Waals surface area contributed by atoms with Crippen LogP contribution in [0.5, 0.6) is 0 Å². The van der Waals surface area contributed by atoms with Crippen LogP contribution in [0.2, 0.25) is 5.02 Å². The van der Waals surface area contributed by atoms with Crippen LogP contribution in [0.1, 0.15) is 29.8 Å². The van der Waals surface area contributed by atoms with Gasteiger partial charge < -0.3 is 10.6 Å². The molecule has 0 aliphatic carbocycles. The highest BCUT2D eigenvalue weighted by molar-refractivity contribution is 7.89. The number of hydrogen-bond acceptors (Lipinski definition) is 7. The van der Waals surface area contributed by atoms with Gasteiger partial charge in [-0.2, -0.15) is 5.10 Å². The summed E-state index contributed by atoms with van der Waals surface area (Å²) in [5, 5.41) is 16.1. The fourth-order valence-corrected chi connectivity index (χ4v) is 4.16. The van der Waals surface area contributed by atoms with E-state index in [-0.39, 0.29) is 16.8 Å². The van der Waals surface area contributed by atoms with Gasteiger partial charge >= 0.3 is 0 Å². The second kappa shape index (κ2) is 9.98. The number of pyridine rings is 1. The number of hydrogen-bond donors (Lipinski definition) is 3. The SMILES string of the molecule is CC(C)Nc1cc(-c2cnn3cc(Cl)cnc23)ncc1C(=O)NCCc1ccc(S(N)(=O)=O)cc1. The average Bonchev–Trinajstić information content (AvgIpc) is 3.21. The van der Waals surface area contributed by atoms with Gasteiger partial charge in [0.05, 0.1) is 44.8 Å². The number of nitrogens with two attached hydrogens (primary N) is 1. The third kappa shape index (κ3) is 5.76. The molecule has 0 unspecified atom stereocenters. The first kappa shape index (κ1) is 24.6. The second-order valence-electron chi connectivity index (χ2n) is 8.21. The van der Waals surface area contributed by atoms with Crippen LogP contribution in [0, 0.1) is 0 Å². The number of aromatic nitrogens is 4. The van der Waals surface area contributed by atoms with E-state index in [0.717, 1.165) is 5.56 Å². The number of nitrogens with zero attached hydrogens (tertiary/aromatic N) is 4. The standard InChI is InChI=1S/C23H24ClN7O3S/c1-14(2)30-21-9-20(18-12-29-31-13-16(24)10-28-22(18)31)27-11-19(21)23(32)26-8-7-15-3-5-17(6-4-15)35(25,33)34/h3-6,9-14H,7-8H2,1-2H3,(H,26,32)(H,27,30)(H2,25,33,34). The van der Waals surface area contributed by atoms with E-state index in [2.05, 4.69) is 25.7 Å². The number of benzene rings is 1. The lowest BCUT2D eigenvalue weighted by Crippen LogP contribution is -2.27. The smallest absolute Gasteiger partial charge is 0.254 e. The Bertz CT molecular complexity index is 1490. The van der Waals surface area contributed by atoms with Gasteiger partial charge in [-0.05, 0) is 44.0 Å². The largest absolute Gasteiger partial charge is 0.382 e. The van der Waals surface area contributed by atoms with Crippen molar-refractivity contribution in [1.82, 2.24) is 24.9 Å². The number of sulfonamides is 1. The Morgan fingerprint density at radius 1 is 1.14 bits per heavy atom. The molecule has 1 aromatic carbocycles. The number of amides is 1. The van der Waals surface area contributed by atoms with Gasteiger partial charge in [-0.25, -0.2) is 23.1 Å². The topological polar surface area (TPSA) is 144 Å². The lowest BCUT2D eigenvalue weighted by molar-refractivity contribution is 0.0954. The van der Waals surface area contributed by atoms with Gasteiger partial charge in [-0.15, -0.1) is 0 Å². The van der Waals surface area contributed by atoms with Crippen LogP contribution in [0.4, 0.5) is 5.69 Å². The number of halogens is 1. The van der Waals surface area contributed by atoms with Crippen molar-refractivity contribution in [2.45, 2.75) is 31.2 Å². The summed E-state index contributed by atoms with van der Waals surface area (Å²) in [7, 11) is -3.74. The quantitative estimate of drug-likeness (QED) is 0.328. The number of fused-ring (bicyclic) bond motifs is 1. The van der Waals surface area contributed by atoms with Crippen LogP contribution in [-0.4, -0.2) is 46.5 Å². The van der Waals surface area contributed by atoms with E-state index in [0.29, 0.717) is 46.1 Å². The molecule has 4 rings (SSSR count). The summed E-state index contributed by atoms with van der Waals surface area (Å²) in [4.78, 5) is 21.8. The van der Waals surface area contributed by atoms with Crippen LogP contribution >= 0.6 is 11.6 Å². The first-order chi connectivity index (χ1) is 16.6. The number of carbonyl (C=O) groups excluding carboxylic acids is 1. The Labute approximate surface area is 207 Å². The molecule has 0 atom stereocenters. The molecule has 0 saturated carbocycles. The predicted octanol–water partition coefficient (Wildman–Crippen LogP) is 2.88. The third-order valence-electron chi connectivity index (χ3n) is 5.14. The minimum atomic E-state index is -3.74. The summed E-state index contributed by atoms with van der Waals surface area (Å²) in [6.07, 6.45) is 6.90. The monoisotopic (exact) mass is 513 g/mol. The minimum Gasteiger partial charge on any atom is -0.382 e. The molecule has 0 saturated heterocycles. The predicted molar refractivity (Wildman–Crippen MR) is 134 cm³/mol. The maximum Gasteiger partial charge on any atom is 0.254 e. The lowest BCUT2D eigenvalue weighted by atomic mass is 10.1. The fraction of sp³-hybridized carbons (Fsp3) is 0.217.